The number of urea groups is 1. The second-order valence-corrected chi connectivity index (χ2v) is 7.60. The Labute approximate surface area is 204 Å². The first-order valence-electron chi connectivity index (χ1n) is 10.5. The second kappa shape index (κ2) is 10.2. The van der Waals surface area contributed by atoms with Gasteiger partial charge in [-0.1, -0.05) is 6.07 Å². The molecule has 1 aliphatic rings. The zero-order valence-corrected chi connectivity index (χ0v) is 19.8. The number of hydrogen-bond donors (Lipinski definition) is 2. The molecule has 13 heteroatoms. The lowest BCUT2D eigenvalue weighted by atomic mass is 10.1. The zero-order valence-electron chi connectivity index (χ0n) is 19.8. The predicted octanol–water partition coefficient (Wildman–Crippen LogP) is 2.50. The van der Waals surface area contributed by atoms with E-state index >= 15 is 0 Å². The first kappa shape index (κ1) is 26.4. The lowest BCUT2D eigenvalue weighted by Gasteiger charge is -2.30. The minimum Gasteiger partial charge on any atom is -0.493 e. The van der Waals surface area contributed by atoms with Crippen molar-refractivity contribution in [3.05, 3.63) is 47.5 Å². The number of halogens is 3. The van der Waals surface area contributed by atoms with Crippen LogP contribution in [0.25, 0.3) is 0 Å². The number of ether oxygens (including phenoxy) is 4. The Morgan fingerprint density at radius 3 is 2.03 bits per heavy atom. The third-order valence-corrected chi connectivity index (χ3v) is 5.55. The van der Waals surface area contributed by atoms with Crippen LogP contribution >= 0.6 is 0 Å². The largest absolute Gasteiger partial charge is 0.493 e. The highest BCUT2D eigenvalue weighted by Crippen LogP contribution is 2.35. The third-order valence-electron chi connectivity index (χ3n) is 5.55. The zero-order chi connectivity index (χ0) is 26.7. The van der Waals surface area contributed by atoms with Crippen molar-refractivity contribution in [1.82, 2.24) is 15.5 Å². The van der Waals surface area contributed by atoms with E-state index in [1.807, 2.05) is 0 Å². The molecule has 1 heterocycles. The number of nitrogens with zero attached hydrogens (tertiary/aromatic N) is 1. The molecule has 0 aromatic heterocycles. The fourth-order valence-electron chi connectivity index (χ4n) is 3.62. The lowest BCUT2D eigenvalue weighted by molar-refractivity contribution is -0.200. The molecule has 2 N–H and O–H groups in total. The molecule has 1 saturated heterocycles. The van der Waals surface area contributed by atoms with Crippen LogP contribution in [0.15, 0.2) is 36.4 Å². The van der Waals surface area contributed by atoms with E-state index in [1.54, 1.807) is 28.8 Å². The molecule has 4 amide bonds. The highest BCUT2D eigenvalue weighted by atomic mass is 19.4. The number of carbonyl (C=O) groups excluding carboxylic acids is 3. The van der Waals surface area contributed by atoms with Crippen LogP contribution in [-0.2, 0) is 11.2 Å². The molecule has 2 aromatic carbocycles. The van der Waals surface area contributed by atoms with E-state index in [1.165, 1.54) is 40.6 Å². The van der Waals surface area contributed by atoms with Gasteiger partial charge < -0.3 is 24.3 Å². The Kier molecular flexibility index (Phi) is 7.51. The van der Waals surface area contributed by atoms with Gasteiger partial charge in [0.25, 0.3) is 17.5 Å². The van der Waals surface area contributed by atoms with Gasteiger partial charge in [-0.2, -0.15) is 13.2 Å². The molecule has 36 heavy (non-hydrogen) atoms. The quantitative estimate of drug-likeness (QED) is 0.497. The van der Waals surface area contributed by atoms with Crippen molar-refractivity contribution < 1.29 is 46.5 Å². The van der Waals surface area contributed by atoms with Crippen LogP contribution < -0.4 is 29.6 Å². The fourth-order valence-corrected chi connectivity index (χ4v) is 3.62. The molecule has 0 saturated carbocycles. The number of nitrogens with one attached hydrogen (secondary N) is 2. The smallest absolute Gasteiger partial charge is 0.440 e. The number of amides is 4. The summed E-state index contributed by atoms with van der Waals surface area (Å²) in [6, 6.07) is 7.14. The number of hydrogen-bond acceptors (Lipinski definition) is 7. The van der Waals surface area contributed by atoms with Crippen molar-refractivity contribution in [2.45, 2.75) is 18.3 Å². The van der Waals surface area contributed by atoms with Gasteiger partial charge >= 0.3 is 12.2 Å². The van der Waals surface area contributed by atoms with Gasteiger partial charge in [-0.15, -0.1) is 0 Å². The molecule has 0 spiro atoms. The van der Waals surface area contributed by atoms with Crippen molar-refractivity contribution in [2.75, 3.05) is 35.0 Å². The van der Waals surface area contributed by atoms with Gasteiger partial charge in [-0.3, -0.25) is 19.8 Å². The monoisotopic (exact) mass is 511 g/mol. The summed E-state index contributed by atoms with van der Waals surface area (Å²) in [4.78, 5) is 38.5. The highest BCUT2D eigenvalue weighted by Gasteiger charge is 2.68. The standard InChI is InChI=1S/C23H24F3N3O7/c1-33-15-7-5-13(11-17(15)35-3)9-10-29-20(31)22(23(24,25)26,28-21(29)32)27-19(30)14-6-8-16(34-2)18(12-14)36-4/h5-8,11-12H,9-10H2,1-4H3,(H,27,30)(H,28,32). The normalized spacial score (nSPS) is 17.5. The number of imide groups is 1. The fraction of sp³-hybridized carbons (Fsp3) is 0.348. The molecule has 2 aromatic rings. The number of rotatable bonds is 9. The molecule has 1 atom stereocenters. The van der Waals surface area contributed by atoms with Gasteiger partial charge in [0.15, 0.2) is 23.0 Å². The Bertz CT molecular complexity index is 1170. The molecule has 194 valence electrons. The van der Waals surface area contributed by atoms with Crippen molar-refractivity contribution >= 4 is 17.8 Å². The van der Waals surface area contributed by atoms with E-state index in [-0.39, 0.29) is 30.0 Å². The van der Waals surface area contributed by atoms with E-state index in [9.17, 15) is 27.6 Å². The van der Waals surface area contributed by atoms with Gasteiger partial charge in [0.1, 0.15) is 0 Å². The summed E-state index contributed by atoms with van der Waals surface area (Å²) in [5, 5.41) is 3.28. The van der Waals surface area contributed by atoms with Crippen LogP contribution in [0.5, 0.6) is 23.0 Å². The molecule has 1 fully saturated rings. The molecule has 1 unspecified atom stereocenters. The summed E-state index contributed by atoms with van der Waals surface area (Å²) in [5.74, 6) is -1.78. The van der Waals surface area contributed by atoms with E-state index in [4.69, 9.17) is 18.9 Å². The van der Waals surface area contributed by atoms with Gasteiger partial charge in [0.2, 0.25) is 0 Å². The molecule has 3 rings (SSSR count). The van der Waals surface area contributed by atoms with Crippen molar-refractivity contribution in [3.63, 3.8) is 0 Å². The molecule has 0 radical (unpaired) electrons. The Balaban J connectivity index is 1.84. The minimum atomic E-state index is -5.34. The Hall–Kier alpha value is -4.16. The maximum Gasteiger partial charge on any atom is 0.440 e. The summed E-state index contributed by atoms with van der Waals surface area (Å²) in [6.07, 6.45) is -5.32. The van der Waals surface area contributed by atoms with E-state index in [0.717, 1.165) is 6.07 Å². The van der Waals surface area contributed by atoms with E-state index in [2.05, 4.69) is 0 Å². The van der Waals surface area contributed by atoms with E-state index < -0.39 is 29.7 Å². The first-order valence-corrected chi connectivity index (χ1v) is 10.5. The van der Waals surface area contributed by atoms with E-state index in [0.29, 0.717) is 22.0 Å². The van der Waals surface area contributed by atoms with Crippen molar-refractivity contribution in [1.29, 1.82) is 0 Å². The molecule has 0 bridgehead atoms. The summed E-state index contributed by atoms with van der Waals surface area (Å²) < 4.78 is 62.9. The summed E-state index contributed by atoms with van der Waals surface area (Å²) in [6.45, 7) is -0.385. The third kappa shape index (κ3) is 4.81. The lowest BCUT2D eigenvalue weighted by Crippen LogP contribution is -2.69. The number of methoxy groups -OCH3 is 4. The van der Waals surface area contributed by atoms with Gasteiger partial charge in [0.05, 0.1) is 28.4 Å². The molecule has 10 nitrogen and oxygen atoms in total. The average molecular weight is 511 g/mol. The maximum absolute atomic E-state index is 14.1. The van der Waals surface area contributed by atoms with Crippen LogP contribution in [0.4, 0.5) is 18.0 Å². The van der Waals surface area contributed by atoms with Crippen LogP contribution in [0.3, 0.4) is 0 Å². The molecular formula is C23H24F3N3O7. The van der Waals surface area contributed by atoms with Gasteiger partial charge in [0, 0.05) is 12.1 Å². The SMILES string of the molecule is COc1ccc(CCN2C(=O)NC(NC(=O)c3ccc(OC)c(OC)c3)(C(F)(F)F)C2=O)cc1OC. The number of carbonyl (C=O) groups is 3. The molecular weight excluding hydrogens is 487 g/mol. The van der Waals surface area contributed by atoms with Gasteiger partial charge in [-0.05, 0) is 42.3 Å². The predicted molar refractivity (Wildman–Crippen MR) is 119 cm³/mol. The number of benzene rings is 2. The Morgan fingerprint density at radius 2 is 1.47 bits per heavy atom. The van der Waals surface area contributed by atoms with Gasteiger partial charge in [-0.25, -0.2) is 4.79 Å². The number of alkyl halides is 3. The van der Waals surface area contributed by atoms with Crippen molar-refractivity contribution in [3.8, 4) is 23.0 Å². The molecule has 0 aliphatic carbocycles. The summed E-state index contributed by atoms with van der Waals surface area (Å²) in [5.41, 5.74) is -3.32. The van der Waals surface area contributed by atoms with Crippen LogP contribution in [0, 0.1) is 0 Å². The molecule has 1 aliphatic heterocycles. The first-order chi connectivity index (χ1) is 17.0. The topological polar surface area (TPSA) is 115 Å². The van der Waals surface area contributed by atoms with Crippen LogP contribution in [0.1, 0.15) is 15.9 Å². The van der Waals surface area contributed by atoms with Crippen LogP contribution in [-0.4, -0.2) is 69.6 Å². The summed E-state index contributed by atoms with van der Waals surface area (Å²) >= 11 is 0. The second-order valence-electron chi connectivity index (χ2n) is 7.60. The van der Waals surface area contributed by atoms with Crippen molar-refractivity contribution in [2.24, 2.45) is 0 Å². The minimum absolute atomic E-state index is 0.0249. The summed E-state index contributed by atoms with van der Waals surface area (Å²) in [7, 11) is 5.49. The Morgan fingerprint density at radius 1 is 0.917 bits per heavy atom. The highest BCUT2D eigenvalue weighted by molar-refractivity contribution is 6.10. The average Bonchev–Trinajstić information content (AvgIpc) is 3.11. The van der Waals surface area contributed by atoms with Crippen LogP contribution in [0.2, 0.25) is 0 Å². The maximum atomic E-state index is 14.1.